The van der Waals surface area contributed by atoms with E-state index < -0.39 is 34.9 Å². The van der Waals surface area contributed by atoms with Gasteiger partial charge in [-0.05, 0) is 89.2 Å². The molecule has 0 aliphatic heterocycles. The van der Waals surface area contributed by atoms with Crippen LogP contribution in [-0.4, -0.2) is 19.0 Å². The second-order valence-corrected chi connectivity index (χ2v) is 8.63. The first-order valence-electron chi connectivity index (χ1n) is 8.64. The van der Waals surface area contributed by atoms with E-state index in [1.165, 1.54) is 13.0 Å². The van der Waals surface area contributed by atoms with E-state index >= 15 is 0 Å². The molecule has 0 atom stereocenters. The lowest BCUT2D eigenvalue weighted by Crippen LogP contribution is -2.17. The molecule has 0 amide bonds. The SMILES string of the molecule is C=C(C)c1c(/C=C/C)c(OC(=O)c2cc(C)cc(I)c2I)c(F)c(F)c1C(=O)OC. The van der Waals surface area contributed by atoms with Gasteiger partial charge in [-0.25, -0.2) is 14.0 Å². The topological polar surface area (TPSA) is 52.6 Å². The van der Waals surface area contributed by atoms with Crippen LogP contribution in [0.3, 0.4) is 0 Å². The Bertz CT molecular complexity index is 1090. The molecule has 0 spiro atoms. The highest BCUT2D eigenvalue weighted by Gasteiger charge is 2.31. The van der Waals surface area contributed by atoms with Crippen LogP contribution < -0.4 is 4.74 Å². The average molecular weight is 638 g/mol. The molecule has 0 radical (unpaired) electrons. The van der Waals surface area contributed by atoms with Crippen molar-refractivity contribution in [2.75, 3.05) is 7.11 Å². The Labute approximate surface area is 200 Å². The third kappa shape index (κ3) is 4.74. The number of aryl methyl sites for hydroxylation is 1. The lowest BCUT2D eigenvalue weighted by atomic mass is 9.93. The van der Waals surface area contributed by atoms with Crippen molar-refractivity contribution in [1.29, 1.82) is 0 Å². The maximum atomic E-state index is 15.0. The van der Waals surface area contributed by atoms with Gasteiger partial charge in [0.1, 0.15) is 5.56 Å². The number of methoxy groups -OCH3 is 1. The molecule has 2 rings (SSSR count). The van der Waals surface area contributed by atoms with Gasteiger partial charge < -0.3 is 9.47 Å². The zero-order valence-corrected chi connectivity index (χ0v) is 21.0. The van der Waals surface area contributed by atoms with E-state index in [2.05, 4.69) is 33.9 Å². The highest BCUT2D eigenvalue weighted by atomic mass is 127. The van der Waals surface area contributed by atoms with E-state index in [0.29, 0.717) is 3.57 Å². The normalized spacial score (nSPS) is 10.9. The van der Waals surface area contributed by atoms with Crippen molar-refractivity contribution in [3.05, 3.63) is 71.4 Å². The van der Waals surface area contributed by atoms with Gasteiger partial charge in [0.2, 0.25) is 5.82 Å². The van der Waals surface area contributed by atoms with Gasteiger partial charge in [-0.3, -0.25) is 0 Å². The van der Waals surface area contributed by atoms with Crippen LogP contribution >= 0.6 is 45.2 Å². The molecule has 2 aromatic carbocycles. The third-order valence-corrected chi connectivity index (χ3v) is 7.16. The molecule has 0 bridgehead atoms. The quantitative estimate of drug-likeness (QED) is 0.212. The highest BCUT2D eigenvalue weighted by molar-refractivity contribution is 14.1. The Kier molecular flexibility index (Phi) is 8.14. The summed E-state index contributed by atoms with van der Waals surface area (Å²) in [7, 11) is 1.06. The van der Waals surface area contributed by atoms with Crippen LogP contribution in [0.15, 0.2) is 24.8 Å². The smallest absolute Gasteiger partial charge is 0.344 e. The van der Waals surface area contributed by atoms with Crippen molar-refractivity contribution >= 4 is 68.8 Å². The molecule has 158 valence electrons. The number of carbonyl (C=O) groups excluding carboxylic acids is 2. The molecular formula is C22H18F2I2O4. The molecule has 0 saturated carbocycles. The van der Waals surface area contributed by atoms with E-state index in [4.69, 9.17) is 4.74 Å². The molecule has 0 aliphatic rings. The predicted octanol–water partition coefficient (Wildman–Crippen LogP) is 6.55. The van der Waals surface area contributed by atoms with Crippen molar-refractivity contribution in [3.63, 3.8) is 0 Å². The van der Waals surface area contributed by atoms with E-state index in [0.717, 1.165) is 16.2 Å². The van der Waals surface area contributed by atoms with E-state index in [9.17, 15) is 18.4 Å². The van der Waals surface area contributed by atoms with Crippen molar-refractivity contribution in [3.8, 4) is 5.75 Å². The monoisotopic (exact) mass is 638 g/mol. The first kappa shape index (κ1) is 24.4. The van der Waals surface area contributed by atoms with E-state index in [1.807, 2.05) is 35.6 Å². The number of allylic oxidation sites excluding steroid dienone is 2. The van der Waals surface area contributed by atoms with Crippen LogP contribution in [0.2, 0.25) is 0 Å². The number of carbonyl (C=O) groups is 2. The van der Waals surface area contributed by atoms with Gasteiger partial charge >= 0.3 is 11.9 Å². The number of ether oxygens (including phenoxy) is 2. The zero-order chi connectivity index (χ0) is 22.7. The highest BCUT2D eigenvalue weighted by Crippen LogP contribution is 2.38. The molecule has 8 heteroatoms. The summed E-state index contributed by atoms with van der Waals surface area (Å²) in [4.78, 5) is 25.0. The number of halogens is 4. The van der Waals surface area contributed by atoms with Gasteiger partial charge in [0.15, 0.2) is 11.6 Å². The number of benzene rings is 2. The second kappa shape index (κ2) is 9.99. The van der Waals surface area contributed by atoms with Crippen LogP contribution in [0.1, 0.15) is 51.3 Å². The fraction of sp³-hybridized carbons (Fsp3) is 0.182. The molecule has 4 nitrogen and oxygen atoms in total. The maximum absolute atomic E-state index is 15.0. The van der Waals surface area contributed by atoms with Gasteiger partial charge in [0, 0.05) is 18.3 Å². The molecule has 0 aliphatic carbocycles. The van der Waals surface area contributed by atoms with Crippen molar-refractivity contribution in [2.45, 2.75) is 20.8 Å². The van der Waals surface area contributed by atoms with Crippen molar-refractivity contribution in [2.24, 2.45) is 0 Å². The minimum atomic E-state index is -1.47. The first-order chi connectivity index (χ1) is 14.0. The Morgan fingerprint density at radius 1 is 1.10 bits per heavy atom. The largest absolute Gasteiger partial charge is 0.465 e. The fourth-order valence-electron chi connectivity index (χ4n) is 2.87. The van der Waals surface area contributed by atoms with E-state index in [-0.39, 0.29) is 22.3 Å². The van der Waals surface area contributed by atoms with Crippen molar-refractivity contribution in [1.82, 2.24) is 0 Å². The second-order valence-electron chi connectivity index (χ2n) is 6.39. The van der Waals surface area contributed by atoms with Gasteiger partial charge in [-0.15, -0.1) is 0 Å². The molecule has 0 N–H and O–H groups in total. The minimum Gasteiger partial charge on any atom is -0.465 e. The van der Waals surface area contributed by atoms with Gasteiger partial charge in [0.25, 0.3) is 0 Å². The molecule has 0 fully saturated rings. The van der Waals surface area contributed by atoms with Crippen LogP contribution in [-0.2, 0) is 4.74 Å². The Morgan fingerprint density at radius 3 is 2.27 bits per heavy atom. The number of rotatable bonds is 5. The molecule has 0 unspecified atom stereocenters. The molecule has 0 saturated heterocycles. The van der Waals surface area contributed by atoms with Crippen LogP contribution in [0.4, 0.5) is 8.78 Å². The lowest BCUT2D eigenvalue weighted by molar-refractivity contribution is 0.0593. The predicted molar refractivity (Wildman–Crippen MR) is 129 cm³/mol. The summed E-state index contributed by atoms with van der Waals surface area (Å²) >= 11 is 4.07. The summed E-state index contributed by atoms with van der Waals surface area (Å²) in [5, 5.41) is 0. The zero-order valence-electron chi connectivity index (χ0n) is 16.7. The minimum absolute atomic E-state index is 0.00942. The maximum Gasteiger partial charge on any atom is 0.344 e. The van der Waals surface area contributed by atoms with Gasteiger partial charge in [-0.1, -0.05) is 18.7 Å². The van der Waals surface area contributed by atoms with Crippen molar-refractivity contribution < 1.29 is 27.8 Å². The third-order valence-electron chi connectivity index (χ3n) is 4.11. The number of esters is 2. The summed E-state index contributed by atoms with van der Waals surface area (Å²) in [6.07, 6.45) is 2.98. The molecule has 30 heavy (non-hydrogen) atoms. The van der Waals surface area contributed by atoms with Crippen LogP contribution in [0, 0.1) is 25.7 Å². The number of hydrogen-bond acceptors (Lipinski definition) is 4. The Balaban J connectivity index is 2.79. The first-order valence-corrected chi connectivity index (χ1v) is 10.8. The molecule has 0 aromatic heterocycles. The fourth-order valence-corrected chi connectivity index (χ4v) is 4.18. The van der Waals surface area contributed by atoms with Gasteiger partial charge in [0.05, 0.1) is 12.7 Å². The Morgan fingerprint density at radius 2 is 1.73 bits per heavy atom. The molecule has 2 aromatic rings. The van der Waals surface area contributed by atoms with Crippen LogP contribution in [0.25, 0.3) is 11.6 Å². The summed E-state index contributed by atoms with van der Waals surface area (Å²) in [5.41, 5.74) is 0.746. The lowest BCUT2D eigenvalue weighted by Gasteiger charge is -2.18. The molecular weight excluding hydrogens is 620 g/mol. The Hall–Kier alpha value is -1.82. The summed E-state index contributed by atoms with van der Waals surface area (Å²) in [6.45, 7) is 8.75. The van der Waals surface area contributed by atoms with E-state index in [1.54, 1.807) is 19.1 Å². The van der Waals surface area contributed by atoms with Crippen LogP contribution in [0.5, 0.6) is 5.75 Å². The summed E-state index contributed by atoms with van der Waals surface area (Å²) in [5.74, 6) is -5.45. The molecule has 0 heterocycles. The number of hydrogen-bond donors (Lipinski definition) is 0. The summed E-state index contributed by atoms with van der Waals surface area (Å²) in [6, 6.07) is 3.49. The summed E-state index contributed by atoms with van der Waals surface area (Å²) < 4.78 is 41.3. The average Bonchev–Trinajstić information content (AvgIpc) is 2.68. The van der Waals surface area contributed by atoms with Gasteiger partial charge in [-0.2, -0.15) is 4.39 Å². The standard InChI is InChI=1S/C22H18F2I2O4/c1-6-7-12-15(10(2)3)16(22(28)29-5)17(23)18(24)20(12)30-21(27)13-8-11(4)9-14(25)19(13)26/h6-9H,2H2,1,3-5H3/b7-6+.